The zero-order valence-corrected chi connectivity index (χ0v) is 36.0. The van der Waals surface area contributed by atoms with Crippen LogP contribution in [0, 0.1) is 5.82 Å². The highest BCUT2D eigenvalue weighted by Crippen LogP contribution is 2.41. The second-order valence-corrected chi connectivity index (χ2v) is 17.7. The van der Waals surface area contributed by atoms with Crippen molar-refractivity contribution in [1.29, 1.82) is 0 Å². The number of carbonyl (C=O) groups is 3. The van der Waals surface area contributed by atoms with Gasteiger partial charge in [-0.25, -0.2) is 8.78 Å². The molecule has 0 aliphatic carbocycles. The Hall–Kier alpha value is -3.15. The van der Waals surface area contributed by atoms with Crippen molar-refractivity contribution in [3.63, 3.8) is 0 Å². The number of amides is 2. The summed E-state index contributed by atoms with van der Waals surface area (Å²) in [6.07, 6.45) is 20.4. The van der Waals surface area contributed by atoms with E-state index in [9.17, 15) is 32.6 Å². The van der Waals surface area contributed by atoms with E-state index >= 15 is 0 Å². The molecule has 2 heterocycles. The number of unbranched alkanes of at least 4 members (excludes halogenated alkanes) is 15. The van der Waals surface area contributed by atoms with Crippen LogP contribution >= 0.6 is 19.2 Å². The number of aromatic nitrogens is 1. The van der Waals surface area contributed by atoms with Gasteiger partial charge in [-0.15, -0.1) is 0 Å². The largest absolute Gasteiger partial charge is 0.379 e. The number of hydrogen-bond acceptors (Lipinski definition) is 6. The first-order chi connectivity index (χ1) is 27.9. The van der Waals surface area contributed by atoms with Crippen molar-refractivity contribution in [3.05, 3.63) is 64.6 Å². The molecule has 0 saturated carbocycles. The van der Waals surface area contributed by atoms with E-state index in [0.29, 0.717) is 17.5 Å². The number of halogens is 3. The van der Waals surface area contributed by atoms with Gasteiger partial charge in [0.05, 0.1) is 35.6 Å². The minimum Gasteiger partial charge on any atom is -0.379 e. The van der Waals surface area contributed by atoms with Gasteiger partial charge in [0.25, 0.3) is 0 Å². The summed E-state index contributed by atoms with van der Waals surface area (Å²) in [4.78, 5) is 51.2. The van der Waals surface area contributed by atoms with E-state index in [4.69, 9.17) is 20.9 Å². The number of rotatable bonds is 28. The van der Waals surface area contributed by atoms with E-state index in [1.807, 2.05) is 0 Å². The number of nitrogens with zero attached hydrogens (tertiary/aromatic N) is 2. The Morgan fingerprint density at radius 1 is 0.897 bits per heavy atom. The molecule has 1 saturated heterocycles. The molecule has 322 valence electrons. The van der Waals surface area contributed by atoms with Gasteiger partial charge in [-0.2, -0.15) is 0 Å². The average molecular weight is 850 g/mol. The van der Waals surface area contributed by atoms with E-state index in [2.05, 4.69) is 12.2 Å². The van der Waals surface area contributed by atoms with Gasteiger partial charge in [0.1, 0.15) is 24.6 Å². The number of nitrogens with one attached hydrogen (secondary N) is 1. The monoisotopic (exact) mass is 849 g/mol. The van der Waals surface area contributed by atoms with Crippen LogP contribution in [0.25, 0.3) is 10.9 Å². The molecule has 1 aromatic heterocycles. The predicted octanol–water partition coefficient (Wildman–Crippen LogP) is 10.00. The molecule has 3 atom stereocenters. The average Bonchev–Trinajstić information content (AvgIpc) is 3.78. The first-order valence-electron chi connectivity index (χ1n) is 21.3. The molecule has 0 spiro atoms. The lowest BCUT2D eigenvalue weighted by atomic mass is 10.0. The minimum atomic E-state index is -4.31. The van der Waals surface area contributed by atoms with E-state index in [0.717, 1.165) is 17.7 Å². The van der Waals surface area contributed by atoms with Crippen LogP contribution in [0.15, 0.2) is 42.6 Å². The van der Waals surface area contributed by atoms with Crippen LogP contribution in [-0.4, -0.2) is 70.5 Å². The van der Waals surface area contributed by atoms with Gasteiger partial charge in [0.15, 0.2) is 5.78 Å². The Morgan fingerprint density at radius 3 is 2.14 bits per heavy atom. The third-order valence-corrected chi connectivity index (χ3v) is 12.6. The Morgan fingerprint density at radius 2 is 1.52 bits per heavy atom. The number of ketones is 1. The van der Waals surface area contributed by atoms with Crippen molar-refractivity contribution in [2.24, 2.45) is 0 Å². The minimum absolute atomic E-state index is 0.0322. The maximum atomic E-state index is 14.7. The van der Waals surface area contributed by atoms with Crippen LogP contribution in [0.4, 0.5) is 8.78 Å². The van der Waals surface area contributed by atoms with Crippen LogP contribution in [0.5, 0.6) is 0 Å². The number of ether oxygens (including phenoxy) is 1. The third-order valence-electron chi connectivity index (χ3n) is 10.9. The van der Waals surface area contributed by atoms with Crippen LogP contribution in [0.1, 0.15) is 139 Å². The molecule has 0 bridgehead atoms. The van der Waals surface area contributed by atoms with Gasteiger partial charge in [-0.3, -0.25) is 18.9 Å². The van der Waals surface area contributed by atoms with Crippen LogP contribution in [0.3, 0.4) is 0 Å². The summed E-state index contributed by atoms with van der Waals surface area (Å²) in [6, 6.07) is 7.57. The highest BCUT2D eigenvalue weighted by molar-refractivity contribution is 7.61. The highest BCUT2D eigenvalue weighted by Gasteiger charge is 2.40. The maximum absolute atomic E-state index is 14.7. The number of Topliss-reactive ketones (excluding diaryl/α,β-unsaturated/α-hetero) is 1. The molecular weight excluding hydrogens is 787 g/mol. The van der Waals surface area contributed by atoms with E-state index in [-0.39, 0.29) is 66.5 Å². The summed E-state index contributed by atoms with van der Waals surface area (Å²) < 4.78 is 54.8. The number of benzene rings is 2. The molecule has 14 heteroatoms. The normalized spacial score (nSPS) is 16.6. The molecule has 1 unspecified atom stereocenters. The molecule has 3 aromatic rings. The lowest BCUT2D eigenvalue weighted by Gasteiger charge is -2.24. The van der Waals surface area contributed by atoms with Gasteiger partial charge < -0.3 is 28.9 Å². The van der Waals surface area contributed by atoms with Crippen LogP contribution in [0.2, 0.25) is 5.02 Å². The lowest BCUT2D eigenvalue weighted by Crippen LogP contribution is -2.46. The number of likely N-dealkylation sites (tertiary alicyclic amines) is 1. The topological polar surface area (TPSA) is 127 Å². The Balaban J connectivity index is 1.19. The van der Waals surface area contributed by atoms with Crippen molar-refractivity contribution in [2.45, 2.75) is 148 Å². The summed E-state index contributed by atoms with van der Waals surface area (Å²) in [7, 11) is -4.31. The summed E-state index contributed by atoms with van der Waals surface area (Å²) in [5, 5.41) is 2.89. The summed E-state index contributed by atoms with van der Waals surface area (Å²) in [6.45, 7) is 3.31. The summed E-state index contributed by atoms with van der Waals surface area (Å²) in [5.74, 6) is -2.22. The molecule has 2 aromatic carbocycles. The first kappa shape index (κ1) is 47.5. The first-order valence-corrected chi connectivity index (χ1v) is 23.2. The van der Waals surface area contributed by atoms with E-state index in [1.54, 1.807) is 0 Å². The number of carbonyl (C=O) groups excluding carboxylic acids is 3. The summed E-state index contributed by atoms with van der Waals surface area (Å²) >= 11 is 5.84. The van der Waals surface area contributed by atoms with Crippen molar-refractivity contribution >= 4 is 53.0 Å². The Bertz CT molecular complexity index is 1820. The fraction of sp³-hybridized carbons (Fsp3) is 0.614. The molecule has 1 fully saturated rings. The highest BCUT2D eigenvalue weighted by atomic mass is 35.5. The quantitative estimate of drug-likeness (QED) is 0.0423. The van der Waals surface area contributed by atoms with Gasteiger partial charge in [-0.05, 0) is 31.5 Å². The van der Waals surface area contributed by atoms with Gasteiger partial charge in [0, 0.05) is 42.3 Å². The fourth-order valence-electron chi connectivity index (χ4n) is 7.55. The van der Waals surface area contributed by atoms with Crippen molar-refractivity contribution in [3.8, 4) is 0 Å². The van der Waals surface area contributed by atoms with E-state index < -0.39 is 37.4 Å². The van der Waals surface area contributed by atoms with Crippen molar-refractivity contribution < 1.29 is 41.9 Å². The zero-order valence-electron chi connectivity index (χ0n) is 34.3. The zero-order chi connectivity index (χ0) is 41.9. The molecule has 1 aliphatic rings. The maximum Gasteiger partial charge on any atom is 0.358 e. The second-order valence-electron chi connectivity index (χ2n) is 15.5. The lowest BCUT2D eigenvalue weighted by molar-refractivity contribution is -0.139. The fourth-order valence-corrected chi connectivity index (χ4v) is 8.76. The van der Waals surface area contributed by atoms with Crippen LogP contribution < -0.4 is 10.6 Å². The standard InChI is InChI=1S/C44H63ClF2N3O7P/c1-3-4-5-6-7-8-9-10-11-12-13-14-15-16-17-18-24-56-25-26-57-58(54,55)36-22-23-37-38(33(2)51)31-49(40(37)28-36)32-42(52)50-30-35(46)27-41(50)44(53)48-29-34-20-19-21-39(45)43(34)47/h19-23,28,31,35,41H,3-18,24-27,29-30,32H2,1-2H3,(H,48,53)(H,54,55)/t35-,41+/m1/s1. The SMILES string of the molecule is CCCCCCCCCCCCCCCCCCOCCOP(=O)(O)c1ccc2c(C(C)=O)cn(CC(=O)N3C[C@H](F)C[C@H]3C(=O)NCc3cccc(Cl)c3F)c2c1. The van der Waals surface area contributed by atoms with Crippen molar-refractivity contribution in [1.82, 2.24) is 14.8 Å². The predicted molar refractivity (Wildman–Crippen MR) is 226 cm³/mol. The molecule has 4 rings (SSSR count). The van der Waals surface area contributed by atoms with Gasteiger partial charge in [-0.1, -0.05) is 133 Å². The third kappa shape index (κ3) is 14.8. The molecule has 58 heavy (non-hydrogen) atoms. The molecular formula is C44H63ClF2N3O7P. The molecule has 2 N–H and O–H groups in total. The number of hydrogen-bond donors (Lipinski definition) is 2. The molecule has 1 aliphatic heterocycles. The Kier molecular flexibility index (Phi) is 20.3. The van der Waals surface area contributed by atoms with Crippen molar-refractivity contribution in [2.75, 3.05) is 26.4 Å². The smallest absolute Gasteiger partial charge is 0.358 e. The van der Waals surface area contributed by atoms with Crippen LogP contribution in [-0.2, 0) is 36.5 Å². The molecule has 0 radical (unpaired) electrons. The molecule has 2 amide bonds. The summed E-state index contributed by atoms with van der Waals surface area (Å²) in [5.41, 5.74) is 0.749. The van der Waals surface area contributed by atoms with Gasteiger partial charge >= 0.3 is 7.60 Å². The molecule has 10 nitrogen and oxygen atoms in total. The number of fused-ring (bicyclic) bond motifs is 1. The number of alkyl halides is 1. The second kappa shape index (κ2) is 24.8. The van der Waals surface area contributed by atoms with Gasteiger partial charge in [0.2, 0.25) is 11.8 Å². The Labute approximate surface area is 347 Å². The van der Waals surface area contributed by atoms with E-state index in [1.165, 1.54) is 144 Å².